The molecule has 9 heteroatoms. The van der Waals surface area contributed by atoms with E-state index in [2.05, 4.69) is 5.09 Å². The number of para-hydroxylation sites is 1. The molecule has 0 aromatic heterocycles. The maximum atomic E-state index is 13.4. The number of rotatable bonds is 9. The fraction of sp³-hybridized carbons (Fsp3) is 0.579. The number of fused-ring (bicyclic) bond motifs is 2. The van der Waals surface area contributed by atoms with Crippen molar-refractivity contribution >= 4 is 19.5 Å². The van der Waals surface area contributed by atoms with Crippen LogP contribution in [0.4, 0.5) is 0 Å². The van der Waals surface area contributed by atoms with Gasteiger partial charge in [0, 0.05) is 12.5 Å². The molecule has 0 spiro atoms. The minimum Gasteiger partial charge on any atom is -0.462 e. The summed E-state index contributed by atoms with van der Waals surface area (Å²) in [7, 11) is -3.93. The predicted molar refractivity (Wildman–Crippen MR) is 103 cm³/mol. The van der Waals surface area contributed by atoms with Crippen molar-refractivity contribution in [2.75, 3.05) is 19.7 Å². The molecule has 0 radical (unpaired) electrons. The molecule has 0 saturated carbocycles. The van der Waals surface area contributed by atoms with Crippen LogP contribution in [0.1, 0.15) is 27.2 Å². The lowest BCUT2D eigenvalue weighted by Crippen LogP contribution is -2.41. The molecule has 2 aliphatic rings. The first-order valence-corrected chi connectivity index (χ1v) is 11.1. The van der Waals surface area contributed by atoms with E-state index in [4.69, 9.17) is 13.8 Å². The van der Waals surface area contributed by atoms with E-state index in [-0.39, 0.29) is 24.4 Å². The van der Waals surface area contributed by atoms with Gasteiger partial charge in [-0.15, -0.1) is 0 Å². The lowest BCUT2D eigenvalue weighted by atomic mass is 9.99. The molecule has 28 heavy (non-hydrogen) atoms. The fourth-order valence-electron chi connectivity index (χ4n) is 3.45. The summed E-state index contributed by atoms with van der Waals surface area (Å²) in [4.78, 5) is 26.5. The van der Waals surface area contributed by atoms with Crippen molar-refractivity contribution in [1.29, 1.82) is 0 Å². The molecule has 5 atom stereocenters. The van der Waals surface area contributed by atoms with Crippen molar-refractivity contribution in [3.05, 3.63) is 30.3 Å². The standard InChI is InChI=1S/C19H27N2O6P/c1-13(2)26-19(23)14(3)20-28(24,27-16-7-5-4-6-8-16)25-12-17-18(22)15-9-10-21(17)11-15/h4-8,13-15,17H,9-12H2,1-3H3,(H,20,24)/t14-,15?,17?,28?/m0/s1. The third kappa shape index (κ3) is 5.00. The van der Waals surface area contributed by atoms with Gasteiger partial charge < -0.3 is 9.26 Å². The summed E-state index contributed by atoms with van der Waals surface area (Å²) in [5, 5.41) is 2.64. The van der Waals surface area contributed by atoms with E-state index in [1.165, 1.54) is 6.92 Å². The van der Waals surface area contributed by atoms with Crippen LogP contribution in [0.25, 0.3) is 0 Å². The first kappa shape index (κ1) is 21.0. The van der Waals surface area contributed by atoms with E-state index in [1.54, 1.807) is 44.2 Å². The van der Waals surface area contributed by atoms with Gasteiger partial charge in [-0.25, -0.2) is 4.57 Å². The van der Waals surface area contributed by atoms with Crippen LogP contribution in [0.3, 0.4) is 0 Å². The normalized spacial score (nSPS) is 26.9. The molecule has 2 bridgehead atoms. The molecule has 2 saturated heterocycles. The second-order valence-corrected chi connectivity index (χ2v) is 9.13. The van der Waals surface area contributed by atoms with Gasteiger partial charge in [0.2, 0.25) is 0 Å². The molecule has 1 aromatic rings. The topological polar surface area (TPSA) is 94.2 Å². The number of ether oxygens (including phenoxy) is 1. The van der Waals surface area contributed by atoms with E-state index in [1.807, 2.05) is 4.90 Å². The summed E-state index contributed by atoms with van der Waals surface area (Å²) < 4.78 is 29.7. The number of nitrogens with zero attached hydrogens (tertiary/aromatic N) is 1. The molecule has 4 unspecified atom stereocenters. The number of ketones is 1. The maximum Gasteiger partial charge on any atom is 0.459 e. The van der Waals surface area contributed by atoms with Crippen LogP contribution in [0.5, 0.6) is 5.75 Å². The largest absolute Gasteiger partial charge is 0.462 e. The Morgan fingerprint density at radius 3 is 2.61 bits per heavy atom. The molecule has 154 valence electrons. The summed E-state index contributed by atoms with van der Waals surface area (Å²) in [5.41, 5.74) is 0. The molecule has 2 aliphatic heterocycles. The molecule has 0 aliphatic carbocycles. The summed E-state index contributed by atoms with van der Waals surface area (Å²) in [6.07, 6.45) is 0.565. The highest BCUT2D eigenvalue weighted by atomic mass is 31.2. The van der Waals surface area contributed by atoms with Crippen molar-refractivity contribution in [2.24, 2.45) is 5.92 Å². The highest BCUT2D eigenvalue weighted by Gasteiger charge is 2.46. The van der Waals surface area contributed by atoms with Crippen molar-refractivity contribution in [2.45, 2.75) is 45.4 Å². The van der Waals surface area contributed by atoms with Crippen LogP contribution >= 0.6 is 7.75 Å². The smallest absolute Gasteiger partial charge is 0.459 e. The first-order chi connectivity index (χ1) is 13.3. The SMILES string of the molecule is CC(C)OC(=O)[C@H](C)NP(=O)(OCC1C(=O)C2CCN1C2)Oc1ccccc1. The Balaban J connectivity index is 1.69. The van der Waals surface area contributed by atoms with Crippen molar-refractivity contribution in [3.63, 3.8) is 0 Å². The third-order valence-corrected chi connectivity index (χ3v) is 6.46. The quantitative estimate of drug-likeness (QED) is 0.490. The highest BCUT2D eigenvalue weighted by Crippen LogP contribution is 2.46. The number of carbonyl (C=O) groups excluding carboxylic acids is 2. The number of esters is 1. The molecule has 8 nitrogen and oxygen atoms in total. The Bertz CT molecular complexity index is 756. The van der Waals surface area contributed by atoms with E-state index < -0.39 is 25.8 Å². The molecule has 2 heterocycles. The summed E-state index contributed by atoms with van der Waals surface area (Å²) in [6.45, 7) is 6.49. The second kappa shape index (κ2) is 8.74. The highest BCUT2D eigenvalue weighted by molar-refractivity contribution is 7.52. The van der Waals surface area contributed by atoms with Crippen molar-refractivity contribution < 1.29 is 27.9 Å². The van der Waals surface area contributed by atoms with E-state index in [0.717, 1.165) is 19.5 Å². The zero-order chi connectivity index (χ0) is 20.3. The Kier molecular flexibility index (Phi) is 6.55. The van der Waals surface area contributed by atoms with E-state index >= 15 is 0 Å². The van der Waals surface area contributed by atoms with Gasteiger partial charge in [-0.2, -0.15) is 5.09 Å². The third-order valence-electron chi connectivity index (χ3n) is 4.82. The van der Waals surface area contributed by atoms with Crippen molar-refractivity contribution in [1.82, 2.24) is 9.99 Å². The number of carbonyl (C=O) groups is 2. The maximum absolute atomic E-state index is 13.4. The van der Waals surface area contributed by atoms with Gasteiger partial charge in [-0.05, 0) is 45.9 Å². The predicted octanol–water partition coefficient (Wildman–Crippen LogP) is 2.39. The summed E-state index contributed by atoms with van der Waals surface area (Å²) in [5.74, 6) is -0.0710. The van der Waals surface area contributed by atoms with Gasteiger partial charge in [0.25, 0.3) is 0 Å². The molecule has 2 fully saturated rings. The summed E-state index contributed by atoms with van der Waals surface area (Å²) >= 11 is 0. The van der Waals surface area contributed by atoms with Crippen LogP contribution in [0, 0.1) is 5.92 Å². The second-order valence-electron chi connectivity index (χ2n) is 7.43. The van der Waals surface area contributed by atoms with Gasteiger partial charge in [-0.3, -0.25) is 19.0 Å². The Labute approximate surface area is 165 Å². The van der Waals surface area contributed by atoms with Crippen LogP contribution in [-0.4, -0.2) is 54.5 Å². The monoisotopic (exact) mass is 410 g/mol. The van der Waals surface area contributed by atoms with Gasteiger partial charge >= 0.3 is 13.7 Å². The van der Waals surface area contributed by atoms with Crippen molar-refractivity contribution in [3.8, 4) is 5.75 Å². The number of piperidine rings is 1. The van der Waals surface area contributed by atoms with Crippen LogP contribution in [-0.2, 0) is 23.4 Å². The number of hydrogen-bond donors (Lipinski definition) is 1. The summed E-state index contributed by atoms with van der Waals surface area (Å²) in [6, 6.07) is 7.22. The van der Waals surface area contributed by atoms with E-state index in [9.17, 15) is 14.2 Å². The molecule has 1 N–H and O–H groups in total. The Morgan fingerprint density at radius 2 is 2.00 bits per heavy atom. The Morgan fingerprint density at radius 1 is 1.29 bits per heavy atom. The molecular formula is C19H27N2O6P. The molecular weight excluding hydrogens is 383 g/mol. The zero-order valence-corrected chi connectivity index (χ0v) is 17.3. The molecule has 1 aromatic carbocycles. The molecule has 3 rings (SSSR count). The first-order valence-electron chi connectivity index (χ1n) is 9.53. The van der Waals surface area contributed by atoms with Gasteiger partial charge in [-0.1, -0.05) is 18.2 Å². The number of Topliss-reactive ketones (excluding diaryl/α,β-unsaturated/α-hetero) is 1. The fourth-order valence-corrected chi connectivity index (χ4v) is 4.94. The lowest BCUT2D eigenvalue weighted by Gasteiger charge is -2.27. The average Bonchev–Trinajstić information content (AvgIpc) is 3.22. The number of hydrogen-bond acceptors (Lipinski definition) is 7. The zero-order valence-electron chi connectivity index (χ0n) is 16.4. The van der Waals surface area contributed by atoms with Gasteiger partial charge in [0.1, 0.15) is 11.8 Å². The minimum absolute atomic E-state index is 0.0379. The van der Waals surface area contributed by atoms with Gasteiger partial charge in [0.05, 0.1) is 18.8 Å². The van der Waals surface area contributed by atoms with Crippen LogP contribution in [0.15, 0.2) is 30.3 Å². The number of benzene rings is 1. The van der Waals surface area contributed by atoms with Gasteiger partial charge in [0.15, 0.2) is 5.78 Å². The van der Waals surface area contributed by atoms with E-state index in [0.29, 0.717) is 5.75 Å². The van der Waals surface area contributed by atoms with Crippen LogP contribution in [0.2, 0.25) is 0 Å². The number of nitrogens with one attached hydrogen (secondary N) is 1. The van der Waals surface area contributed by atoms with Crippen LogP contribution < -0.4 is 9.61 Å². The molecule has 0 amide bonds. The lowest BCUT2D eigenvalue weighted by molar-refractivity contribution is -0.149. The average molecular weight is 410 g/mol. The Hall–Kier alpha value is -1.73. The minimum atomic E-state index is -3.93.